The number of nitrogens with zero attached hydrogens (tertiary/aromatic N) is 2. The summed E-state index contributed by atoms with van der Waals surface area (Å²) in [5.74, 6) is 1.33. The van der Waals surface area contributed by atoms with Gasteiger partial charge in [-0.3, -0.25) is 4.99 Å². The van der Waals surface area contributed by atoms with Gasteiger partial charge in [0.1, 0.15) is 0 Å². The van der Waals surface area contributed by atoms with E-state index in [0.717, 1.165) is 18.3 Å². The second-order valence-corrected chi connectivity index (χ2v) is 7.03. The zero-order valence-electron chi connectivity index (χ0n) is 12.0. The SMILES string of the molecule is CC(C)C(CN(C)C)NC1=NCC(C(C)C)S1. The van der Waals surface area contributed by atoms with Crippen molar-refractivity contribution in [2.24, 2.45) is 16.8 Å². The van der Waals surface area contributed by atoms with Gasteiger partial charge in [0.2, 0.25) is 0 Å². The number of amidine groups is 1. The van der Waals surface area contributed by atoms with Crippen LogP contribution in [0.3, 0.4) is 0 Å². The van der Waals surface area contributed by atoms with Crippen molar-refractivity contribution in [3.63, 3.8) is 0 Å². The van der Waals surface area contributed by atoms with E-state index in [2.05, 4.69) is 57.0 Å². The van der Waals surface area contributed by atoms with E-state index >= 15 is 0 Å². The Morgan fingerprint density at radius 2 is 2.00 bits per heavy atom. The summed E-state index contributed by atoms with van der Waals surface area (Å²) < 4.78 is 0. The number of thioether (sulfide) groups is 1. The lowest BCUT2D eigenvalue weighted by Crippen LogP contribution is -2.43. The molecule has 0 saturated heterocycles. The second-order valence-electron chi connectivity index (χ2n) is 5.80. The minimum absolute atomic E-state index is 0.488. The van der Waals surface area contributed by atoms with Gasteiger partial charge in [-0.1, -0.05) is 39.5 Å². The van der Waals surface area contributed by atoms with Crippen molar-refractivity contribution in [3.05, 3.63) is 0 Å². The van der Waals surface area contributed by atoms with E-state index in [0.29, 0.717) is 23.1 Å². The van der Waals surface area contributed by atoms with Gasteiger partial charge in [0.25, 0.3) is 0 Å². The first kappa shape index (κ1) is 14.8. The minimum atomic E-state index is 0.488. The molecular weight excluding hydrogens is 230 g/mol. The summed E-state index contributed by atoms with van der Waals surface area (Å²) in [6, 6.07) is 0.488. The molecule has 0 fully saturated rings. The van der Waals surface area contributed by atoms with Crippen LogP contribution in [0.4, 0.5) is 0 Å². The molecule has 0 saturated carbocycles. The Labute approximate surface area is 110 Å². The van der Waals surface area contributed by atoms with E-state index in [1.165, 1.54) is 0 Å². The Hall–Kier alpha value is -0.220. The summed E-state index contributed by atoms with van der Waals surface area (Å²) >= 11 is 1.91. The van der Waals surface area contributed by atoms with Crippen LogP contribution in [0.25, 0.3) is 0 Å². The van der Waals surface area contributed by atoms with E-state index < -0.39 is 0 Å². The van der Waals surface area contributed by atoms with Crippen LogP contribution >= 0.6 is 11.8 Å². The molecule has 1 aliphatic heterocycles. The number of hydrogen-bond acceptors (Lipinski definition) is 4. The Morgan fingerprint density at radius 3 is 2.41 bits per heavy atom. The van der Waals surface area contributed by atoms with E-state index in [1.807, 2.05) is 11.8 Å². The third-order valence-corrected chi connectivity index (χ3v) is 4.56. The quantitative estimate of drug-likeness (QED) is 0.819. The van der Waals surface area contributed by atoms with Crippen LogP contribution in [0.15, 0.2) is 4.99 Å². The largest absolute Gasteiger partial charge is 0.361 e. The molecule has 1 N–H and O–H groups in total. The summed E-state index contributed by atoms with van der Waals surface area (Å²) in [6.45, 7) is 11.1. The van der Waals surface area contributed by atoms with Gasteiger partial charge < -0.3 is 10.2 Å². The molecule has 4 heteroatoms. The maximum absolute atomic E-state index is 4.62. The van der Waals surface area contributed by atoms with Gasteiger partial charge in [-0.05, 0) is 25.9 Å². The molecule has 0 aliphatic carbocycles. The fourth-order valence-corrected chi connectivity index (χ4v) is 2.87. The topological polar surface area (TPSA) is 27.6 Å². The summed E-state index contributed by atoms with van der Waals surface area (Å²) in [4.78, 5) is 6.85. The zero-order valence-corrected chi connectivity index (χ0v) is 12.8. The summed E-state index contributed by atoms with van der Waals surface area (Å²) in [5, 5.41) is 5.40. The molecule has 2 atom stereocenters. The van der Waals surface area contributed by atoms with Gasteiger partial charge in [-0.2, -0.15) is 0 Å². The Bertz CT molecular complexity index is 261. The normalized spacial score (nSPS) is 22.4. The smallest absolute Gasteiger partial charge is 0.157 e. The summed E-state index contributed by atoms with van der Waals surface area (Å²) in [7, 11) is 4.25. The van der Waals surface area contributed by atoms with Gasteiger partial charge >= 0.3 is 0 Å². The number of hydrogen-bond donors (Lipinski definition) is 1. The van der Waals surface area contributed by atoms with E-state index in [9.17, 15) is 0 Å². The van der Waals surface area contributed by atoms with Crippen LogP contribution in [0, 0.1) is 11.8 Å². The third kappa shape index (κ3) is 4.88. The fourth-order valence-electron chi connectivity index (χ4n) is 1.79. The lowest BCUT2D eigenvalue weighted by atomic mass is 10.0. The van der Waals surface area contributed by atoms with Crippen LogP contribution in [-0.2, 0) is 0 Å². The molecule has 2 unspecified atom stereocenters. The maximum atomic E-state index is 4.62. The molecule has 0 aromatic heterocycles. The minimum Gasteiger partial charge on any atom is -0.361 e. The molecule has 1 heterocycles. The van der Waals surface area contributed by atoms with E-state index in [-0.39, 0.29) is 0 Å². The second kappa shape index (κ2) is 6.64. The lowest BCUT2D eigenvalue weighted by molar-refractivity contribution is 0.314. The molecule has 0 bridgehead atoms. The third-order valence-electron chi connectivity index (χ3n) is 3.10. The van der Waals surface area contributed by atoms with Crippen molar-refractivity contribution in [2.45, 2.75) is 39.0 Å². The van der Waals surface area contributed by atoms with E-state index in [1.54, 1.807) is 0 Å². The van der Waals surface area contributed by atoms with Crippen LogP contribution in [0.5, 0.6) is 0 Å². The number of aliphatic imine (C=N–C) groups is 1. The highest BCUT2D eigenvalue weighted by atomic mass is 32.2. The van der Waals surface area contributed by atoms with Gasteiger partial charge in [0, 0.05) is 17.8 Å². The molecule has 17 heavy (non-hydrogen) atoms. The maximum Gasteiger partial charge on any atom is 0.157 e. The average molecular weight is 257 g/mol. The molecule has 1 aliphatic rings. The van der Waals surface area contributed by atoms with Crippen molar-refractivity contribution >= 4 is 16.9 Å². The molecule has 0 aromatic rings. The summed E-state index contributed by atoms with van der Waals surface area (Å²) in [5.41, 5.74) is 0. The van der Waals surface area contributed by atoms with Crippen molar-refractivity contribution in [2.75, 3.05) is 27.2 Å². The first-order chi connectivity index (χ1) is 7.90. The lowest BCUT2D eigenvalue weighted by Gasteiger charge is -2.26. The van der Waals surface area contributed by atoms with Crippen molar-refractivity contribution in [1.82, 2.24) is 10.2 Å². The van der Waals surface area contributed by atoms with Crippen LogP contribution < -0.4 is 5.32 Å². The number of likely N-dealkylation sites (N-methyl/N-ethyl adjacent to an activating group) is 1. The molecule has 1 rings (SSSR count). The van der Waals surface area contributed by atoms with Crippen molar-refractivity contribution in [3.8, 4) is 0 Å². The Balaban J connectivity index is 2.46. The number of nitrogens with one attached hydrogen (secondary N) is 1. The highest BCUT2D eigenvalue weighted by Crippen LogP contribution is 2.26. The first-order valence-corrected chi connectivity index (χ1v) is 7.40. The monoisotopic (exact) mass is 257 g/mol. The van der Waals surface area contributed by atoms with Crippen LogP contribution in [0.1, 0.15) is 27.7 Å². The Kier molecular flexibility index (Phi) is 5.80. The first-order valence-electron chi connectivity index (χ1n) is 6.52. The Morgan fingerprint density at radius 1 is 1.35 bits per heavy atom. The molecule has 0 spiro atoms. The molecule has 0 amide bonds. The zero-order chi connectivity index (χ0) is 13.0. The molecule has 0 radical (unpaired) electrons. The van der Waals surface area contributed by atoms with Crippen molar-refractivity contribution < 1.29 is 0 Å². The summed E-state index contributed by atoms with van der Waals surface area (Å²) in [6.07, 6.45) is 0. The van der Waals surface area contributed by atoms with E-state index in [4.69, 9.17) is 0 Å². The fraction of sp³-hybridized carbons (Fsp3) is 0.923. The highest BCUT2D eigenvalue weighted by Gasteiger charge is 2.25. The standard InChI is InChI=1S/C13H27N3S/c1-9(2)11(8-16(5)6)15-13-14-7-12(17-13)10(3)4/h9-12H,7-8H2,1-6H3,(H,14,15). The molecular formula is C13H27N3S. The average Bonchev–Trinajstić information content (AvgIpc) is 2.64. The molecule has 3 nitrogen and oxygen atoms in total. The van der Waals surface area contributed by atoms with Gasteiger partial charge in [0.05, 0.1) is 6.54 Å². The predicted molar refractivity (Wildman–Crippen MR) is 78.8 cm³/mol. The van der Waals surface area contributed by atoms with Crippen LogP contribution in [0.2, 0.25) is 0 Å². The van der Waals surface area contributed by atoms with Crippen molar-refractivity contribution in [1.29, 1.82) is 0 Å². The molecule has 0 aromatic carbocycles. The predicted octanol–water partition coefficient (Wildman–Crippen LogP) is 2.29. The highest BCUT2D eigenvalue weighted by molar-refractivity contribution is 8.14. The molecule has 100 valence electrons. The van der Waals surface area contributed by atoms with Gasteiger partial charge in [0.15, 0.2) is 5.17 Å². The van der Waals surface area contributed by atoms with Gasteiger partial charge in [-0.15, -0.1) is 0 Å². The van der Waals surface area contributed by atoms with Gasteiger partial charge in [-0.25, -0.2) is 0 Å². The van der Waals surface area contributed by atoms with Crippen LogP contribution in [-0.4, -0.2) is 48.5 Å². The number of rotatable bonds is 5.